The molecule has 0 heterocycles. The Morgan fingerprint density at radius 1 is 1.10 bits per heavy atom. The Balaban J connectivity index is 2.45. The second-order valence-electron chi connectivity index (χ2n) is 4.71. The number of carboxylic acids is 1. The van der Waals surface area contributed by atoms with Crippen molar-refractivity contribution in [3.05, 3.63) is 59.2 Å². The van der Waals surface area contributed by atoms with Gasteiger partial charge in [-0.1, -0.05) is 35.9 Å². The van der Waals surface area contributed by atoms with Crippen LogP contribution in [0.4, 0.5) is 5.69 Å². The molecule has 0 spiro atoms. The number of nitrogens with one attached hydrogen (secondary N) is 1. The quantitative estimate of drug-likeness (QED) is 0.926. The van der Waals surface area contributed by atoms with Gasteiger partial charge in [-0.15, -0.1) is 0 Å². The van der Waals surface area contributed by atoms with Crippen LogP contribution in [0.2, 0.25) is 0 Å². The van der Waals surface area contributed by atoms with Crippen molar-refractivity contribution in [3.8, 4) is 0 Å². The summed E-state index contributed by atoms with van der Waals surface area (Å²) in [6.07, 6.45) is 0. The van der Waals surface area contributed by atoms with E-state index in [4.69, 9.17) is 0 Å². The number of aromatic carboxylic acids is 1. The Labute approximate surface area is 123 Å². The molecule has 0 radical (unpaired) electrons. The Morgan fingerprint density at radius 2 is 1.76 bits per heavy atom. The number of para-hydroxylation sites is 1. The van der Waals surface area contributed by atoms with Gasteiger partial charge in [0.2, 0.25) is 0 Å². The zero-order valence-electron chi connectivity index (χ0n) is 11.6. The number of anilines is 1. The molecule has 2 rings (SSSR count). The molecule has 0 saturated heterocycles. The molecule has 0 aliphatic rings. The molecule has 0 saturated carbocycles. The predicted molar refractivity (Wildman–Crippen MR) is 77.5 cm³/mol. The van der Waals surface area contributed by atoms with Gasteiger partial charge >= 0.3 is 0 Å². The highest BCUT2D eigenvalue weighted by Crippen LogP contribution is 2.22. The maximum Gasteiger partial charge on any atom is 0.262 e. The van der Waals surface area contributed by atoms with Crippen molar-refractivity contribution >= 4 is 21.7 Å². The van der Waals surface area contributed by atoms with E-state index >= 15 is 0 Å². The lowest BCUT2D eigenvalue weighted by Crippen LogP contribution is -2.25. The largest absolute Gasteiger partial charge is 0.545 e. The van der Waals surface area contributed by atoms with Gasteiger partial charge in [0.25, 0.3) is 10.0 Å². The van der Waals surface area contributed by atoms with Crippen LogP contribution in [-0.2, 0) is 10.0 Å². The van der Waals surface area contributed by atoms with Crippen LogP contribution in [0, 0.1) is 13.8 Å². The summed E-state index contributed by atoms with van der Waals surface area (Å²) in [6.45, 7) is 3.55. The molecule has 1 N–H and O–H groups in total. The third kappa shape index (κ3) is 3.22. The molecule has 0 fully saturated rings. The molecule has 0 aliphatic heterocycles. The maximum absolute atomic E-state index is 12.4. The lowest BCUT2D eigenvalue weighted by molar-refractivity contribution is -0.254. The Hall–Kier alpha value is -2.34. The molecule has 5 nitrogen and oxygen atoms in total. The van der Waals surface area contributed by atoms with Crippen LogP contribution in [0.5, 0.6) is 0 Å². The van der Waals surface area contributed by atoms with Crippen LogP contribution >= 0.6 is 0 Å². The van der Waals surface area contributed by atoms with Gasteiger partial charge in [0.15, 0.2) is 0 Å². The molecule has 110 valence electrons. The van der Waals surface area contributed by atoms with Crippen molar-refractivity contribution in [1.82, 2.24) is 0 Å². The minimum Gasteiger partial charge on any atom is -0.545 e. The predicted octanol–water partition coefficient (Wildman–Crippen LogP) is 1.47. The van der Waals surface area contributed by atoms with Crippen LogP contribution < -0.4 is 9.83 Å². The zero-order valence-corrected chi connectivity index (χ0v) is 12.4. The lowest BCUT2D eigenvalue weighted by atomic mass is 10.2. The Kier molecular flexibility index (Phi) is 3.99. The van der Waals surface area contributed by atoms with Gasteiger partial charge in [0.05, 0.1) is 16.6 Å². The van der Waals surface area contributed by atoms with E-state index in [1.165, 1.54) is 24.3 Å². The second-order valence-corrected chi connectivity index (χ2v) is 6.36. The summed E-state index contributed by atoms with van der Waals surface area (Å²) in [5.41, 5.74) is 1.32. The SMILES string of the molecule is Cc1ccc(S(=O)(=O)Nc2ccccc2C(=O)[O-])c(C)c1. The first-order chi connectivity index (χ1) is 9.81. The van der Waals surface area contributed by atoms with E-state index in [9.17, 15) is 18.3 Å². The van der Waals surface area contributed by atoms with E-state index in [1.807, 2.05) is 6.92 Å². The highest BCUT2D eigenvalue weighted by atomic mass is 32.2. The summed E-state index contributed by atoms with van der Waals surface area (Å²) in [5, 5.41) is 11.0. The first-order valence-electron chi connectivity index (χ1n) is 6.22. The van der Waals surface area contributed by atoms with Crippen LogP contribution in [0.15, 0.2) is 47.4 Å². The highest BCUT2D eigenvalue weighted by Gasteiger charge is 2.18. The van der Waals surface area contributed by atoms with Gasteiger partial charge in [-0.05, 0) is 31.5 Å². The topological polar surface area (TPSA) is 86.3 Å². The summed E-state index contributed by atoms with van der Waals surface area (Å²) in [6, 6.07) is 10.6. The standard InChI is InChI=1S/C15H15NO4S/c1-10-7-8-14(11(2)9-10)21(19,20)16-13-6-4-3-5-12(13)15(17)18/h3-9,16H,1-2H3,(H,17,18)/p-1. The molecule has 2 aromatic rings. The lowest BCUT2D eigenvalue weighted by Gasteiger charge is -2.14. The van der Waals surface area contributed by atoms with Gasteiger partial charge in [-0.25, -0.2) is 8.42 Å². The van der Waals surface area contributed by atoms with Crippen LogP contribution in [0.3, 0.4) is 0 Å². The van der Waals surface area contributed by atoms with Crippen molar-refractivity contribution < 1.29 is 18.3 Å². The van der Waals surface area contributed by atoms with Gasteiger partial charge in [-0.3, -0.25) is 4.72 Å². The molecule has 0 bridgehead atoms. The fourth-order valence-corrected chi connectivity index (χ4v) is 3.36. The Bertz CT molecular complexity index is 797. The van der Waals surface area contributed by atoms with Crippen LogP contribution in [0.1, 0.15) is 21.5 Å². The number of hydrogen-bond acceptors (Lipinski definition) is 4. The zero-order chi connectivity index (χ0) is 15.6. The monoisotopic (exact) mass is 304 g/mol. The first kappa shape index (κ1) is 15.1. The number of aryl methyl sites for hydroxylation is 2. The van der Waals surface area contributed by atoms with E-state index in [2.05, 4.69) is 4.72 Å². The summed E-state index contributed by atoms with van der Waals surface area (Å²) in [7, 11) is -3.86. The fraction of sp³-hybridized carbons (Fsp3) is 0.133. The van der Waals surface area contributed by atoms with Crippen molar-refractivity contribution in [2.45, 2.75) is 18.7 Å². The first-order valence-corrected chi connectivity index (χ1v) is 7.70. The molecule has 2 aromatic carbocycles. The second kappa shape index (κ2) is 5.57. The minimum absolute atomic E-state index is 0.0162. The third-order valence-electron chi connectivity index (χ3n) is 3.01. The van der Waals surface area contributed by atoms with Crippen molar-refractivity contribution in [2.24, 2.45) is 0 Å². The smallest absolute Gasteiger partial charge is 0.262 e. The fourth-order valence-electron chi connectivity index (χ4n) is 2.05. The highest BCUT2D eigenvalue weighted by molar-refractivity contribution is 7.92. The number of carbonyl (C=O) groups excluding carboxylic acids is 1. The molecule has 0 unspecified atom stereocenters. The summed E-state index contributed by atoms with van der Waals surface area (Å²) >= 11 is 0. The number of carboxylic acid groups (broad SMARTS) is 1. The minimum atomic E-state index is -3.86. The summed E-state index contributed by atoms with van der Waals surface area (Å²) in [4.78, 5) is 11.1. The van der Waals surface area contributed by atoms with Crippen molar-refractivity contribution in [3.63, 3.8) is 0 Å². The molecule has 21 heavy (non-hydrogen) atoms. The average Bonchev–Trinajstić information content (AvgIpc) is 2.37. The van der Waals surface area contributed by atoms with Crippen LogP contribution in [-0.4, -0.2) is 14.4 Å². The van der Waals surface area contributed by atoms with Crippen molar-refractivity contribution in [2.75, 3.05) is 4.72 Å². The van der Waals surface area contributed by atoms with E-state index in [0.29, 0.717) is 5.56 Å². The molecule has 0 aliphatic carbocycles. The molecule has 0 aromatic heterocycles. The van der Waals surface area contributed by atoms with E-state index in [-0.39, 0.29) is 16.1 Å². The van der Waals surface area contributed by atoms with E-state index < -0.39 is 16.0 Å². The van der Waals surface area contributed by atoms with Gasteiger partial charge in [0.1, 0.15) is 0 Å². The number of benzene rings is 2. The van der Waals surface area contributed by atoms with Crippen molar-refractivity contribution in [1.29, 1.82) is 0 Å². The molecular formula is C15H14NO4S-. The van der Waals surface area contributed by atoms with Crippen LogP contribution in [0.25, 0.3) is 0 Å². The maximum atomic E-state index is 12.4. The third-order valence-corrected chi connectivity index (χ3v) is 4.54. The van der Waals surface area contributed by atoms with Gasteiger partial charge in [0, 0.05) is 5.56 Å². The Morgan fingerprint density at radius 3 is 2.38 bits per heavy atom. The number of sulfonamides is 1. The number of rotatable bonds is 4. The number of carbonyl (C=O) groups is 1. The molecule has 0 amide bonds. The molecule has 6 heteroatoms. The molecule has 0 atom stereocenters. The van der Waals surface area contributed by atoms with Gasteiger partial charge < -0.3 is 9.90 Å². The summed E-state index contributed by atoms with van der Waals surface area (Å²) in [5.74, 6) is -1.44. The molecular weight excluding hydrogens is 290 g/mol. The van der Waals surface area contributed by atoms with E-state index in [1.54, 1.807) is 25.1 Å². The summed E-state index contributed by atoms with van der Waals surface area (Å²) < 4.78 is 27.1. The average molecular weight is 304 g/mol. The number of hydrogen-bond donors (Lipinski definition) is 1. The normalized spacial score (nSPS) is 11.1. The van der Waals surface area contributed by atoms with Gasteiger partial charge in [-0.2, -0.15) is 0 Å². The van der Waals surface area contributed by atoms with E-state index in [0.717, 1.165) is 5.56 Å².